The van der Waals surface area contributed by atoms with Crippen LogP contribution in [0.5, 0.6) is 5.75 Å². The van der Waals surface area contributed by atoms with Crippen LogP contribution in [0.25, 0.3) is 0 Å². The van der Waals surface area contributed by atoms with E-state index in [9.17, 15) is 18.5 Å². The molecule has 0 spiro atoms. The molecule has 1 amide bonds. The van der Waals surface area contributed by atoms with Gasteiger partial charge in [-0.05, 0) is 25.0 Å². The van der Waals surface area contributed by atoms with Crippen LogP contribution in [-0.2, 0) is 10.8 Å². The molecule has 6 heteroatoms. The summed E-state index contributed by atoms with van der Waals surface area (Å²) >= 11 is 0. The van der Waals surface area contributed by atoms with Gasteiger partial charge in [-0.1, -0.05) is 25.8 Å². The van der Waals surface area contributed by atoms with Gasteiger partial charge in [-0.25, -0.2) is 4.39 Å². The smallest absolute Gasteiger partial charge is 0.258 e. The highest BCUT2D eigenvalue weighted by Gasteiger charge is 2.31. The number of benzene rings is 1. The predicted molar refractivity (Wildman–Crippen MR) is 80.3 cm³/mol. The van der Waals surface area contributed by atoms with Crippen molar-refractivity contribution in [2.45, 2.75) is 43.9 Å². The van der Waals surface area contributed by atoms with E-state index in [1.54, 1.807) is 0 Å². The molecule has 21 heavy (non-hydrogen) atoms. The number of amides is 1. The molecule has 0 heterocycles. The Morgan fingerprint density at radius 2 is 2.14 bits per heavy atom. The van der Waals surface area contributed by atoms with E-state index in [1.807, 2.05) is 6.92 Å². The lowest BCUT2D eigenvalue weighted by Gasteiger charge is -2.31. The van der Waals surface area contributed by atoms with Gasteiger partial charge in [-0.3, -0.25) is 9.00 Å². The minimum atomic E-state index is -0.998. The molecule has 2 rings (SSSR count). The van der Waals surface area contributed by atoms with Crippen LogP contribution in [0, 0.1) is 5.82 Å². The SMILES string of the molecule is CC[S@@](=O)[C@H]1CCCC[C@@H]1NC(=O)c1c(O)cccc1F. The summed E-state index contributed by atoms with van der Waals surface area (Å²) in [6.45, 7) is 1.85. The minimum absolute atomic E-state index is 0.0957. The fourth-order valence-electron chi connectivity index (χ4n) is 2.77. The van der Waals surface area contributed by atoms with Crippen LogP contribution in [0.3, 0.4) is 0 Å². The van der Waals surface area contributed by atoms with Crippen molar-refractivity contribution >= 4 is 16.7 Å². The Kier molecular flexibility index (Phi) is 5.33. The lowest BCUT2D eigenvalue weighted by atomic mass is 9.94. The van der Waals surface area contributed by atoms with Crippen LogP contribution >= 0.6 is 0 Å². The highest BCUT2D eigenvalue weighted by Crippen LogP contribution is 2.25. The summed E-state index contributed by atoms with van der Waals surface area (Å²) in [4.78, 5) is 12.2. The average molecular weight is 313 g/mol. The number of carbonyl (C=O) groups excluding carboxylic acids is 1. The first-order valence-corrected chi connectivity index (χ1v) is 8.58. The molecule has 1 aliphatic rings. The second-order valence-electron chi connectivity index (χ2n) is 5.21. The van der Waals surface area contributed by atoms with E-state index < -0.39 is 22.5 Å². The largest absolute Gasteiger partial charge is 0.507 e. The zero-order valence-electron chi connectivity index (χ0n) is 12.0. The molecule has 0 aromatic heterocycles. The van der Waals surface area contributed by atoms with Crippen molar-refractivity contribution in [2.24, 2.45) is 0 Å². The van der Waals surface area contributed by atoms with Crippen molar-refractivity contribution in [3.8, 4) is 5.75 Å². The van der Waals surface area contributed by atoms with Crippen LogP contribution in [0.2, 0.25) is 0 Å². The first kappa shape index (κ1) is 15.9. The summed E-state index contributed by atoms with van der Waals surface area (Å²) in [7, 11) is -0.998. The second kappa shape index (κ2) is 7.02. The molecule has 116 valence electrons. The summed E-state index contributed by atoms with van der Waals surface area (Å²) in [5.41, 5.74) is -0.343. The highest BCUT2D eigenvalue weighted by molar-refractivity contribution is 7.85. The first-order chi connectivity index (χ1) is 10.0. The number of carbonyl (C=O) groups is 1. The maximum Gasteiger partial charge on any atom is 0.258 e. The molecule has 4 nitrogen and oxygen atoms in total. The molecule has 0 unspecified atom stereocenters. The zero-order valence-corrected chi connectivity index (χ0v) is 12.8. The third-order valence-corrected chi connectivity index (χ3v) is 5.67. The van der Waals surface area contributed by atoms with Gasteiger partial charge in [0, 0.05) is 22.6 Å². The minimum Gasteiger partial charge on any atom is -0.507 e. The molecule has 3 atom stereocenters. The van der Waals surface area contributed by atoms with Gasteiger partial charge in [-0.2, -0.15) is 0 Å². The molecule has 2 N–H and O–H groups in total. The summed E-state index contributed by atoms with van der Waals surface area (Å²) < 4.78 is 25.8. The Morgan fingerprint density at radius 1 is 1.43 bits per heavy atom. The molecule has 1 aromatic rings. The molecule has 0 aliphatic heterocycles. The van der Waals surface area contributed by atoms with E-state index in [2.05, 4.69) is 5.32 Å². The normalized spacial score (nSPS) is 23.5. The van der Waals surface area contributed by atoms with Crippen molar-refractivity contribution in [3.05, 3.63) is 29.6 Å². The Balaban J connectivity index is 2.15. The number of hydrogen-bond acceptors (Lipinski definition) is 3. The molecule has 1 saturated carbocycles. The summed E-state index contributed by atoms with van der Waals surface area (Å²) in [5, 5.41) is 12.3. The van der Waals surface area contributed by atoms with Crippen molar-refractivity contribution in [3.63, 3.8) is 0 Å². The van der Waals surface area contributed by atoms with E-state index in [-0.39, 0.29) is 22.6 Å². The number of hydrogen-bond donors (Lipinski definition) is 2. The van der Waals surface area contributed by atoms with Crippen molar-refractivity contribution in [2.75, 3.05) is 5.75 Å². The molecule has 1 aliphatic carbocycles. The van der Waals surface area contributed by atoms with E-state index >= 15 is 0 Å². The average Bonchev–Trinajstić information content (AvgIpc) is 2.47. The van der Waals surface area contributed by atoms with Gasteiger partial charge in [-0.15, -0.1) is 0 Å². The molecule has 1 fully saturated rings. The van der Waals surface area contributed by atoms with Crippen molar-refractivity contribution in [1.82, 2.24) is 5.32 Å². The number of rotatable bonds is 4. The van der Waals surface area contributed by atoms with E-state index in [4.69, 9.17) is 0 Å². The van der Waals surface area contributed by atoms with E-state index in [0.29, 0.717) is 5.75 Å². The molecule has 0 radical (unpaired) electrons. The Morgan fingerprint density at radius 3 is 2.81 bits per heavy atom. The van der Waals surface area contributed by atoms with Gasteiger partial charge in [0.25, 0.3) is 5.91 Å². The number of phenolic OH excluding ortho intramolecular Hbond substituents is 1. The van der Waals surface area contributed by atoms with Gasteiger partial charge in [0.05, 0.1) is 5.25 Å². The standard InChI is InChI=1S/C15H20FNO3S/c1-2-21(20)13-9-4-3-7-11(13)17-15(19)14-10(16)6-5-8-12(14)18/h5-6,8,11,13,18H,2-4,7,9H2,1H3,(H,17,19)/t11-,13-,21+/m0/s1. The fraction of sp³-hybridized carbons (Fsp3) is 0.533. The Labute approximate surface area is 126 Å². The monoisotopic (exact) mass is 313 g/mol. The van der Waals surface area contributed by atoms with Crippen LogP contribution in [0.4, 0.5) is 4.39 Å². The first-order valence-electron chi connectivity index (χ1n) is 7.20. The molecule has 1 aromatic carbocycles. The lowest BCUT2D eigenvalue weighted by Crippen LogP contribution is -2.47. The van der Waals surface area contributed by atoms with Crippen molar-refractivity contribution in [1.29, 1.82) is 0 Å². The Hall–Kier alpha value is -1.43. The van der Waals surface area contributed by atoms with Crippen LogP contribution in [0.15, 0.2) is 18.2 Å². The number of aromatic hydroxyl groups is 1. The van der Waals surface area contributed by atoms with Gasteiger partial charge in [0.15, 0.2) is 0 Å². The number of halogens is 1. The topological polar surface area (TPSA) is 66.4 Å². The van der Waals surface area contributed by atoms with Gasteiger partial charge in [0.2, 0.25) is 0 Å². The quantitative estimate of drug-likeness (QED) is 0.896. The van der Waals surface area contributed by atoms with E-state index in [1.165, 1.54) is 12.1 Å². The predicted octanol–water partition coefficient (Wildman–Crippen LogP) is 2.34. The van der Waals surface area contributed by atoms with Crippen LogP contribution in [0.1, 0.15) is 43.0 Å². The van der Waals surface area contributed by atoms with E-state index in [0.717, 1.165) is 31.7 Å². The zero-order chi connectivity index (χ0) is 15.4. The maximum atomic E-state index is 13.7. The molecular weight excluding hydrogens is 293 g/mol. The van der Waals surface area contributed by atoms with Gasteiger partial charge < -0.3 is 10.4 Å². The fourth-order valence-corrected chi connectivity index (χ4v) is 4.20. The van der Waals surface area contributed by atoms with Crippen LogP contribution < -0.4 is 5.32 Å². The number of nitrogens with one attached hydrogen (secondary N) is 1. The molecule has 0 bridgehead atoms. The molecular formula is C15H20FNO3S. The van der Waals surface area contributed by atoms with Gasteiger partial charge >= 0.3 is 0 Å². The molecule has 0 saturated heterocycles. The maximum absolute atomic E-state index is 13.7. The summed E-state index contributed by atoms with van der Waals surface area (Å²) in [5.74, 6) is -1.23. The van der Waals surface area contributed by atoms with Gasteiger partial charge in [0.1, 0.15) is 17.1 Å². The third-order valence-electron chi connectivity index (χ3n) is 3.86. The second-order valence-corrected chi connectivity index (χ2v) is 7.15. The van der Waals surface area contributed by atoms with Crippen LogP contribution in [-0.4, -0.2) is 32.3 Å². The van der Waals surface area contributed by atoms with Crippen molar-refractivity contribution < 1.29 is 18.5 Å². The lowest BCUT2D eigenvalue weighted by molar-refractivity contribution is 0.0922. The summed E-state index contributed by atoms with van der Waals surface area (Å²) in [6.07, 6.45) is 3.48. The third kappa shape index (κ3) is 3.61. The highest BCUT2D eigenvalue weighted by atomic mass is 32.2. The number of phenols is 1. The Bertz CT molecular complexity index is 529. The summed E-state index contributed by atoms with van der Waals surface area (Å²) in [6, 6.07) is 3.53.